The lowest BCUT2D eigenvalue weighted by Gasteiger charge is -2.31. The Kier molecular flexibility index (Phi) is 6.41. The lowest BCUT2D eigenvalue weighted by atomic mass is 9.99. The number of pyridine rings is 1. The molecule has 28 heavy (non-hydrogen) atoms. The van der Waals surface area contributed by atoms with Crippen LogP contribution in [0.15, 0.2) is 42.6 Å². The van der Waals surface area contributed by atoms with Gasteiger partial charge in [0.2, 0.25) is 0 Å². The van der Waals surface area contributed by atoms with E-state index in [0.29, 0.717) is 12.1 Å². The van der Waals surface area contributed by atoms with Crippen molar-refractivity contribution in [3.63, 3.8) is 0 Å². The molecule has 1 fully saturated rings. The van der Waals surface area contributed by atoms with Crippen LogP contribution in [0.3, 0.4) is 0 Å². The van der Waals surface area contributed by atoms with E-state index in [2.05, 4.69) is 27.4 Å². The van der Waals surface area contributed by atoms with Gasteiger partial charge in [-0.25, -0.2) is 9.78 Å². The molecule has 0 unspecified atom stereocenters. The number of hydrogen-bond donors (Lipinski definition) is 2. The van der Waals surface area contributed by atoms with Gasteiger partial charge in [-0.15, -0.1) is 0 Å². The molecule has 0 spiro atoms. The molecule has 2 N–H and O–H groups in total. The van der Waals surface area contributed by atoms with E-state index in [1.807, 2.05) is 12.1 Å². The number of nitro benzene ring substituents is 1. The summed E-state index contributed by atoms with van der Waals surface area (Å²) in [5.41, 5.74) is 1.60. The van der Waals surface area contributed by atoms with Gasteiger partial charge < -0.3 is 15.5 Å². The Morgan fingerprint density at radius 1 is 1.18 bits per heavy atom. The molecule has 2 aromatic rings. The van der Waals surface area contributed by atoms with E-state index < -0.39 is 4.92 Å². The second kappa shape index (κ2) is 9.16. The summed E-state index contributed by atoms with van der Waals surface area (Å²) in [6.45, 7) is 4.93. The maximum Gasteiger partial charge on any atom is 0.315 e. The number of anilines is 1. The van der Waals surface area contributed by atoms with Crippen LogP contribution in [-0.4, -0.2) is 29.0 Å². The summed E-state index contributed by atoms with van der Waals surface area (Å²) in [5, 5.41) is 16.3. The number of piperidine rings is 1. The highest BCUT2D eigenvalue weighted by Crippen LogP contribution is 2.21. The maximum atomic E-state index is 12.0. The van der Waals surface area contributed by atoms with Crippen molar-refractivity contribution >= 4 is 17.5 Å². The Morgan fingerprint density at radius 2 is 1.89 bits per heavy atom. The molecule has 3 rings (SSSR count). The van der Waals surface area contributed by atoms with E-state index in [-0.39, 0.29) is 18.3 Å². The van der Waals surface area contributed by atoms with E-state index >= 15 is 0 Å². The van der Waals surface area contributed by atoms with Crippen LogP contribution < -0.4 is 15.5 Å². The van der Waals surface area contributed by atoms with E-state index in [0.717, 1.165) is 30.4 Å². The average molecular weight is 383 g/mol. The molecule has 1 aliphatic rings. The van der Waals surface area contributed by atoms with Crippen molar-refractivity contribution in [3.05, 3.63) is 63.8 Å². The van der Waals surface area contributed by atoms with Crippen LogP contribution in [0.1, 0.15) is 30.9 Å². The Hall–Kier alpha value is -3.16. The minimum absolute atomic E-state index is 0.00837. The third-order valence-corrected chi connectivity index (χ3v) is 4.94. The number of hydrogen-bond acceptors (Lipinski definition) is 5. The maximum absolute atomic E-state index is 12.0. The monoisotopic (exact) mass is 383 g/mol. The molecule has 1 aliphatic heterocycles. The first kappa shape index (κ1) is 19.6. The number of nitro groups is 1. The molecule has 8 heteroatoms. The Morgan fingerprint density at radius 3 is 2.54 bits per heavy atom. The van der Waals surface area contributed by atoms with Crippen molar-refractivity contribution in [2.45, 2.75) is 32.9 Å². The first-order valence-corrected chi connectivity index (χ1v) is 9.46. The third kappa shape index (κ3) is 5.42. The molecule has 0 aliphatic carbocycles. The number of rotatable bonds is 6. The fourth-order valence-electron chi connectivity index (χ4n) is 3.15. The van der Waals surface area contributed by atoms with Crippen molar-refractivity contribution in [1.82, 2.24) is 15.6 Å². The molecule has 1 aromatic carbocycles. The zero-order valence-corrected chi connectivity index (χ0v) is 15.9. The number of aromatic nitrogens is 1. The lowest BCUT2D eigenvalue weighted by Crippen LogP contribution is -2.35. The van der Waals surface area contributed by atoms with Crippen LogP contribution in [0.25, 0.3) is 0 Å². The van der Waals surface area contributed by atoms with Crippen molar-refractivity contribution in [2.24, 2.45) is 5.92 Å². The number of carbonyl (C=O) groups excluding carboxylic acids is 1. The summed E-state index contributed by atoms with van der Waals surface area (Å²) in [4.78, 5) is 29.1. The van der Waals surface area contributed by atoms with Crippen molar-refractivity contribution in [2.75, 3.05) is 18.0 Å². The zero-order chi connectivity index (χ0) is 19.9. The predicted octanol–water partition coefficient (Wildman–Crippen LogP) is 3.23. The number of amides is 2. The molecule has 0 atom stereocenters. The van der Waals surface area contributed by atoms with Gasteiger partial charge in [0.25, 0.3) is 5.69 Å². The second-order valence-corrected chi connectivity index (χ2v) is 7.16. The number of urea groups is 1. The summed E-state index contributed by atoms with van der Waals surface area (Å²) >= 11 is 0. The summed E-state index contributed by atoms with van der Waals surface area (Å²) in [7, 11) is 0. The van der Waals surface area contributed by atoms with Crippen LogP contribution in [-0.2, 0) is 13.1 Å². The molecule has 0 bridgehead atoms. The van der Waals surface area contributed by atoms with Gasteiger partial charge in [0.1, 0.15) is 5.82 Å². The molecule has 2 amide bonds. The molecule has 0 saturated carbocycles. The molecular formula is C20H25N5O3. The van der Waals surface area contributed by atoms with Crippen molar-refractivity contribution in [1.29, 1.82) is 0 Å². The van der Waals surface area contributed by atoms with Crippen LogP contribution in [0, 0.1) is 16.0 Å². The van der Waals surface area contributed by atoms with E-state index in [1.54, 1.807) is 18.3 Å². The first-order valence-electron chi connectivity index (χ1n) is 9.46. The highest BCUT2D eigenvalue weighted by atomic mass is 16.6. The minimum atomic E-state index is -0.454. The predicted molar refractivity (Wildman–Crippen MR) is 107 cm³/mol. The standard InChI is InChI=1S/C20H25N5O3/c1-15-7-9-24(10-8-15)19-6-5-17(13-21-19)14-23-20(26)22-12-16-3-2-4-18(11-16)25(27)28/h2-6,11,13,15H,7-10,12,14H2,1H3,(H2,22,23,26). The third-order valence-electron chi connectivity index (χ3n) is 4.94. The van der Waals surface area contributed by atoms with Gasteiger partial charge in [0.15, 0.2) is 0 Å². The fourth-order valence-corrected chi connectivity index (χ4v) is 3.15. The molecule has 1 saturated heterocycles. The van der Waals surface area contributed by atoms with Gasteiger partial charge in [0, 0.05) is 44.5 Å². The van der Waals surface area contributed by atoms with Gasteiger partial charge in [-0.2, -0.15) is 0 Å². The number of benzene rings is 1. The average Bonchev–Trinajstić information content (AvgIpc) is 2.72. The quantitative estimate of drug-likeness (QED) is 0.589. The van der Waals surface area contributed by atoms with Crippen LogP contribution in [0.5, 0.6) is 0 Å². The molecule has 1 aromatic heterocycles. The smallest absolute Gasteiger partial charge is 0.315 e. The van der Waals surface area contributed by atoms with Gasteiger partial charge in [-0.1, -0.05) is 25.1 Å². The molecule has 8 nitrogen and oxygen atoms in total. The summed E-state index contributed by atoms with van der Waals surface area (Å²) in [6, 6.07) is 9.84. The highest BCUT2D eigenvalue weighted by molar-refractivity contribution is 5.73. The molecule has 148 valence electrons. The molecule has 0 radical (unpaired) electrons. The fraction of sp³-hybridized carbons (Fsp3) is 0.400. The van der Waals surface area contributed by atoms with Crippen LogP contribution >= 0.6 is 0 Å². The number of carbonyl (C=O) groups is 1. The number of nitrogens with zero attached hydrogens (tertiary/aromatic N) is 3. The van der Waals surface area contributed by atoms with Crippen molar-refractivity contribution < 1.29 is 9.72 Å². The van der Waals surface area contributed by atoms with Crippen LogP contribution in [0.2, 0.25) is 0 Å². The number of nitrogens with one attached hydrogen (secondary N) is 2. The normalized spacial score (nSPS) is 14.5. The Bertz CT molecular complexity index is 817. The van der Waals surface area contributed by atoms with E-state index in [1.165, 1.54) is 25.0 Å². The summed E-state index contributed by atoms with van der Waals surface area (Å²) < 4.78 is 0. The topological polar surface area (TPSA) is 100 Å². The van der Waals surface area contributed by atoms with Crippen LogP contribution in [0.4, 0.5) is 16.3 Å². The Labute approximate surface area is 164 Å². The van der Waals surface area contributed by atoms with E-state index in [4.69, 9.17) is 0 Å². The van der Waals surface area contributed by atoms with Crippen molar-refractivity contribution in [3.8, 4) is 0 Å². The minimum Gasteiger partial charge on any atom is -0.357 e. The molecular weight excluding hydrogens is 358 g/mol. The van der Waals surface area contributed by atoms with Gasteiger partial charge in [0.05, 0.1) is 4.92 Å². The Balaban J connectivity index is 1.44. The first-order chi connectivity index (χ1) is 13.5. The molecule has 2 heterocycles. The van der Waals surface area contributed by atoms with E-state index in [9.17, 15) is 14.9 Å². The van der Waals surface area contributed by atoms with Gasteiger partial charge >= 0.3 is 6.03 Å². The van der Waals surface area contributed by atoms with Gasteiger partial charge in [-0.05, 0) is 36.0 Å². The SMILES string of the molecule is CC1CCN(c2ccc(CNC(=O)NCc3cccc([N+](=O)[O-])c3)cn2)CC1. The summed E-state index contributed by atoms with van der Waals surface area (Å²) in [6.07, 6.45) is 4.17. The van der Waals surface area contributed by atoms with Gasteiger partial charge in [-0.3, -0.25) is 10.1 Å². The largest absolute Gasteiger partial charge is 0.357 e. The number of non-ortho nitro benzene ring substituents is 1. The summed E-state index contributed by atoms with van der Waals surface area (Å²) in [5.74, 6) is 1.76. The second-order valence-electron chi connectivity index (χ2n) is 7.16. The zero-order valence-electron chi connectivity index (χ0n) is 15.9. The lowest BCUT2D eigenvalue weighted by molar-refractivity contribution is -0.384. The highest BCUT2D eigenvalue weighted by Gasteiger charge is 2.16.